The summed E-state index contributed by atoms with van der Waals surface area (Å²) in [4.78, 5) is 28.1. The molecule has 3 aromatic carbocycles. The molecule has 3 aromatic heterocycles. The Labute approximate surface area is 280 Å². The maximum Gasteiger partial charge on any atom is 0.290 e. The number of carbonyl (C=O) groups is 1. The van der Waals surface area contributed by atoms with E-state index in [-0.39, 0.29) is 11.9 Å². The molecule has 2 unspecified atom stereocenters. The average molecular weight is 643 g/mol. The predicted molar refractivity (Wildman–Crippen MR) is 187 cm³/mol. The fourth-order valence-electron chi connectivity index (χ4n) is 7.82. The van der Waals surface area contributed by atoms with E-state index in [4.69, 9.17) is 13.8 Å². The third kappa shape index (κ3) is 5.99. The molecule has 0 spiro atoms. The lowest BCUT2D eigenvalue weighted by molar-refractivity contribution is 0.0366. The Kier molecular flexibility index (Phi) is 8.22. The van der Waals surface area contributed by atoms with Gasteiger partial charge in [0.2, 0.25) is 5.95 Å². The van der Waals surface area contributed by atoms with Crippen molar-refractivity contribution in [3.05, 3.63) is 114 Å². The number of hydrogen-bond donors (Lipinski definition) is 1. The van der Waals surface area contributed by atoms with Crippen molar-refractivity contribution >= 4 is 33.7 Å². The number of hydrogen-bond acceptors (Lipinski definition) is 7. The maximum atomic E-state index is 14.1. The van der Waals surface area contributed by atoms with Gasteiger partial charge in [0, 0.05) is 55.5 Å². The summed E-state index contributed by atoms with van der Waals surface area (Å²) in [6.45, 7) is 7.14. The first-order valence-electron chi connectivity index (χ1n) is 17.2. The Bertz CT molecular complexity index is 2040. The van der Waals surface area contributed by atoms with Crippen LogP contribution in [0.25, 0.3) is 21.8 Å². The number of amides is 1. The van der Waals surface area contributed by atoms with Crippen LogP contribution in [0.4, 0.5) is 5.95 Å². The van der Waals surface area contributed by atoms with Crippen molar-refractivity contribution in [2.45, 2.75) is 70.6 Å². The van der Waals surface area contributed by atoms with Gasteiger partial charge in [-0.05, 0) is 56.7 Å². The van der Waals surface area contributed by atoms with Gasteiger partial charge in [-0.2, -0.15) is 0 Å². The molecule has 48 heavy (non-hydrogen) atoms. The van der Waals surface area contributed by atoms with Crippen molar-refractivity contribution in [2.75, 3.05) is 25.0 Å². The first-order chi connectivity index (χ1) is 23.5. The summed E-state index contributed by atoms with van der Waals surface area (Å²) in [5, 5.41) is 5.70. The van der Waals surface area contributed by atoms with Gasteiger partial charge in [0.25, 0.3) is 5.91 Å². The molecule has 2 aliphatic rings. The second-order valence-corrected chi connectivity index (χ2v) is 13.4. The van der Waals surface area contributed by atoms with Gasteiger partial charge in [-0.15, -0.1) is 0 Å². The normalized spacial score (nSPS) is 19.3. The zero-order valence-electron chi connectivity index (χ0n) is 27.6. The fourth-order valence-corrected chi connectivity index (χ4v) is 7.82. The molecule has 9 heteroatoms. The number of anilines is 1. The summed E-state index contributed by atoms with van der Waals surface area (Å²) >= 11 is 0. The SMILES string of the molecule is Cc1ncc(Cn2c(NC3CCN(C4CCN(C(=O)c5oc(C)c6ccccc56)C(Cc5ccccc5)C4)CC3)nc3ccccc32)o1. The van der Waals surface area contributed by atoms with Crippen LogP contribution in [0.3, 0.4) is 0 Å². The van der Waals surface area contributed by atoms with Gasteiger partial charge in [0.15, 0.2) is 11.7 Å². The minimum Gasteiger partial charge on any atom is -0.455 e. The molecule has 0 aliphatic carbocycles. The Morgan fingerprint density at radius 1 is 0.875 bits per heavy atom. The number of nitrogens with one attached hydrogen (secondary N) is 1. The third-order valence-electron chi connectivity index (χ3n) is 10.3. The minimum atomic E-state index is 0.00460. The van der Waals surface area contributed by atoms with Crippen LogP contribution in [0.15, 0.2) is 93.9 Å². The van der Waals surface area contributed by atoms with Crippen molar-refractivity contribution in [1.82, 2.24) is 24.3 Å². The first-order valence-corrected chi connectivity index (χ1v) is 17.2. The van der Waals surface area contributed by atoms with Crippen LogP contribution >= 0.6 is 0 Å². The predicted octanol–water partition coefficient (Wildman–Crippen LogP) is 7.23. The molecule has 6 aromatic rings. The molecule has 5 heterocycles. The lowest BCUT2D eigenvalue weighted by atomic mass is 9.89. The molecule has 2 atom stereocenters. The second kappa shape index (κ2) is 13.0. The van der Waals surface area contributed by atoms with E-state index in [9.17, 15) is 4.79 Å². The summed E-state index contributed by atoms with van der Waals surface area (Å²) in [6, 6.07) is 27.7. The Morgan fingerprint density at radius 2 is 1.62 bits per heavy atom. The summed E-state index contributed by atoms with van der Waals surface area (Å²) < 4.78 is 14.1. The highest BCUT2D eigenvalue weighted by Gasteiger charge is 2.37. The number of piperidine rings is 2. The van der Waals surface area contributed by atoms with Gasteiger partial charge in [-0.25, -0.2) is 9.97 Å². The van der Waals surface area contributed by atoms with Crippen molar-refractivity contribution in [3.8, 4) is 0 Å². The molecule has 9 nitrogen and oxygen atoms in total. The summed E-state index contributed by atoms with van der Waals surface area (Å²) in [7, 11) is 0. The molecule has 1 amide bonds. The highest BCUT2D eigenvalue weighted by Crippen LogP contribution is 2.32. The molecule has 8 rings (SSSR count). The third-order valence-corrected chi connectivity index (χ3v) is 10.3. The first kappa shape index (κ1) is 30.4. The van der Waals surface area contributed by atoms with Crippen LogP contribution in [0.5, 0.6) is 0 Å². The molecule has 0 radical (unpaired) electrons. The Hall–Kier alpha value is -4.89. The minimum absolute atomic E-state index is 0.00460. The fraction of sp³-hybridized carbons (Fsp3) is 0.359. The Morgan fingerprint density at radius 3 is 2.42 bits per heavy atom. The van der Waals surface area contributed by atoms with Crippen LogP contribution in [0.1, 0.15) is 59.2 Å². The number of imidazole rings is 1. The Balaban J connectivity index is 0.963. The van der Waals surface area contributed by atoms with E-state index in [1.807, 2.05) is 44.2 Å². The molecule has 0 bridgehead atoms. The van der Waals surface area contributed by atoms with Gasteiger partial charge in [-0.3, -0.25) is 4.79 Å². The standard InChI is InChI=1S/C39H42N6O3/c1-26-33-12-6-7-13-34(33)37(47-26)38(46)44-21-18-30(23-31(44)22-28-10-4-3-5-11-28)43-19-16-29(17-20-43)41-39-42-35-14-8-9-15-36(35)45(39)25-32-24-40-27(2)48-32/h3-15,24,29-31H,16-23,25H2,1-2H3,(H,41,42). The van der Waals surface area contributed by atoms with E-state index in [1.165, 1.54) is 5.56 Å². The van der Waals surface area contributed by atoms with E-state index in [0.29, 0.717) is 30.3 Å². The van der Waals surface area contributed by atoms with E-state index < -0.39 is 0 Å². The summed E-state index contributed by atoms with van der Waals surface area (Å²) in [6.07, 6.45) is 6.60. The number of aryl methyl sites for hydroxylation is 2. The zero-order valence-corrected chi connectivity index (χ0v) is 27.6. The average Bonchev–Trinajstić information content (AvgIpc) is 3.80. The van der Waals surface area contributed by atoms with E-state index in [2.05, 4.69) is 73.2 Å². The van der Waals surface area contributed by atoms with Gasteiger partial charge in [0.1, 0.15) is 11.5 Å². The van der Waals surface area contributed by atoms with Crippen LogP contribution in [-0.4, -0.2) is 68.0 Å². The number of likely N-dealkylation sites (tertiary alicyclic amines) is 2. The quantitative estimate of drug-likeness (QED) is 0.187. The van der Waals surface area contributed by atoms with Gasteiger partial charge < -0.3 is 28.5 Å². The molecule has 1 N–H and O–H groups in total. The largest absolute Gasteiger partial charge is 0.455 e. The number of furan rings is 1. The highest BCUT2D eigenvalue weighted by atomic mass is 16.4. The van der Waals surface area contributed by atoms with E-state index in [1.54, 1.807) is 6.20 Å². The zero-order chi connectivity index (χ0) is 32.6. The number of oxazole rings is 1. The van der Waals surface area contributed by atoms with Crippen molar-refractivity contribution in [1.29, 1.82) is 0 Å². The topological polar surface area (TPSA) is 92.6 Å². The smallest absolute Gasteiger partial charge is 0.290 e. The van der Waals surface area contributed by atoms with Gasteiger partial charge >= 0.3 is 0 Å². The number of benzene rings is 3. The number of fused-ring (bicyclic) bond motifs is 2. The number of nitrogens with zero attached hydrogens (tertiary/aromatic N) is 5. The van der Waals surface area contributed by atoms with Crippen LogP contribution < -0.4 is 5.32 Å². The number of carbonyl (C=O) groups excluding carboxylic acids is 1. The maximum absolute atomic E-state index is 14.1. The molecule has 246 valence electrons. The lowest BCUT2D eigenvalue weighted by Crippen LogP contribution is -2.54. The van der Waals surface area contributed by atoms with Crippen LogP contribution in [0, 0.1) is 13.8 Å². The molecular formula is C39H42N6O3. The molecule has 2 fully saturated rings. The number of rotatable bonds is 8. The summed E-state index contributed by atoms with van der Waals surface area (Å²) in [5.74, 6) is 3.63. The van der Waals surface area contributed by atoms with E-state index in [0.717, 1.165) is 91.0 Å². The lowest BCUT2D eigenvalue weighted by Gasteiger charge is -2.45. The van der Waals surface area contributed by atoms with Crippen molar-refractivity contribution in [2.24, 2.45) is 0 Å². The molecule has 2 saturated heterocycles. The number of aromatic nitrogens is 3. The monoisotopic (exact) mass is 642 g/mol. The summed E-state index contributed by atoms with van der Waals surface area (Å²) in [5.41, 5.74) is 3.31. The molecule has 0 saturated carbocycles. The van der Waals surface area contributed by atoms with Crippen molar-refractivity contribution in [3.63, 3.8) is 0 Å². The highest BCUT2D eigenvalue weighted by molar-refractivity contribution is 6.05. The molecule has 2 aliphatic heterocycles. The van der Waals surface area contributed by atoms with Gasteiger partial charge in [0.05, 0.1) is 23.8 Å². The second-order valence-electron chi connectivity index (χ2n) is 13.4. The molecular weight excluding hydrogens is 600 g/mol. The van der Waals surface area contributed by atoms with Crippen LogP contribution in [-0.2, 0) is 13.0 Å². The van der Waals surface area contributed by atoms with Crippen LogP contribution in [0.2, 0.25) is 0 Å². The van der Waals surface area contributed by atoms with Crippen molar-refractivity contribution < 1.29 is 13.6 Å². The van der Waals surface area contributed by atoms with Gasteiger partial charge in [-0.1, -0.05) is 66.7 Å². The van der Waals surface area contributed by atoms with E-state index >= 15 is 0 Å². The number of para-hydroxylation sites is 2.